The van der Waals surface area contributed by atoms with Gasteiger partial charge in [-0.25, -0.2) is 13.3 Å². The molecule has 0 amide bonds. The summed E-state index contributed by atoms with van der Waals surface area (Å²) in [5, 5.41) is 0.776. The van der Waals surface area contributed by atoms with Crippen LogP contribution >= 0.6 is 0 Å². The van der Waals surface area contributed by atoms with Gasteiger partial charge in [0.1, 0.15) is 23.7 Å². The monoisotopic (exact) mass is 568 g/mol. The summed E-state index contributed by atoms with van der Waals surface area (Å²) in [5.74, 6) is 0.183. The molecule has 2 aromatic heterocycles. The molecule has 0 saturated carbocycles. The molecule has 0 fully saturated rings. The number of ether oxygens (including phenoxy) is 3. The van der Waals surface area contributed by atoms with Crippen LogP contribution in [0.3, 0.4) is 0 Å². The molecule has 0 aliphatic carbocycles. The maximum Gasteiger partial charge on any atom is 0.310 e. The summed E-state index contributed by atoms with van der Waals surface area (Å²) < 4.78 is 52.8. The molecule has 4 rings (SSSR count). The van der Waals surface area contributed by atoms with Gasteiger partial charge < -0.3 is 18.6 Å². The summed E-state index contributed by atoms with van der Waals surface area (Å²) in [5.41, 5.74) is 2.94. The van der Waals surface area contributed by atoms with Crippen LogP contribution in [0.2, 0.25) is 0 Å². The van der Waals surface area contributed by atoms with Gasteiger partial charge in [0.05, 0.1) is 54.4 Å². The maximum atomic E-state index is 15.7. The Balaban J connectivity index is 1.64. The maximum absolute atomic E-state index is 15.7. The second kappa shape index (κ2) is 12.6. The summed E-state index contributed by atoms with van der Waals surface area (Å²) in [6, 6.07) is 12.3. The van der Waals surface area contributed by atoms with E-state index in [4.69, 9.17) is 18.6 Å². The largest absolute Gasteiger partial charge is 0.497 e. The molecule has 1 N–H and O–H groups in total. The van der Waals surface area contributed by atoms with Crippen LogP contribution < -0.4 is 14.2 Å². The topological polar surface area (TPSA) is 99.9 Å². The summed E-state index contributed by atoms with van der Waals surface area (Å²) in [6.07, 6.45) is 3.12. The fraction of sp³-hybridized carbons (Fsp3) is 0.333. The normalized spacial score (nSPS) is 12.3. The number of carbonyl (C=O) groups excluding carboxylic acids is 1. The van der Waals surface area contributed by atoms with E-state index in [1.807, 2.05) is 26.8 Å². The first-order valence-electron chi connectivity index (χ1n) is 12.8. The number of hydrogen-bond donors (Lipinski definition) is 1. The summed E-state index contributed by atoms with van der Waals surface area (Å²) in [7, 11) is 0.176. The van der Waals surface area contributed by atoms with Crippen molar-refractivity contribution in [1.29, 1.82) is 0 Å². The van der Waals surface area contributed by atoms with E-state index in [0.717, 1.165) is 10.9 Å². The van der Waals surface area contributed by atoms with Crippen LogP contribution in [0.15, 0.2) is 59.3 Å². The third kappa shape index (κ3) is 6.86. The average Bonchev–Trinajstić information content (AvgIpc) is 3.40. The number of fused-ring (bicyclic) bond motifs is 1. The lowest BCUT2D eigenvalue weighted by Gasteiger charge is -2.18. The molecule has 0 bridgehead atoms. The molecule has 10 heteroatoms. The Morgan fingerprint density at radius 2 is 1.93 bits per heavy atom. The zero-order chi connectivity index (χ0) is 28.9. The second-order valence-corrected chi connectivity index (χ2v) is 12.1. The highest BCUT2D eigenvalue weighted by Crippen LogP contribution is 2.34. The molecule has 40 heavy (non-hydrogen) atoms. The van der Waals surface area contributed by atoms with Crippen LogP contribution in [-0.2, 0) is 40.1 Å². The minimum atomic E-state index is -1.38. The summed E-state index contributed by atoms with van der Waals surface area (Å²) in [6.45, 7) is 7.70. The van der Waals surface area contributed by atoms with E-state index in [2.05, 4.69) is 9.71 Å². The van der Waals surface area contributed by atoms with Crippen molar-refractivity contribution < 1.29 is 32.0 Å². The van der Waals surface area contributed by atoms with Gasteiger partial charge in [-0.3, -0.25) is 9.78 Å². The number of rotatable bonds is 11. The quantitative estimate of drug-likeness (QED) is 0.226. The molecule has 0 saturated heterocycles. The van der Waals surface area contributed by atoms with Crippen molar-refractivity contribution in [2.75, 3.05) is 13.7 Å². The lowest BCUT2D eigenvalue weighted by Crippen LogP contribution is -2.33. The Kier molecular flexibility index (Phi) is 9.21. The summed E-state index contributed by atoms with van der Waals surface area (Å²) in [4.78, 5) is 16.3. The Morgan fingerprint density at radius 1 is 1.12 bits per heavy atom. The number of carbonyl (C=O) groups is 1. The van der Waals surface area contributed by atoms with Gasteiger partial charge in [0.15, 0.2) is 5.82 Å². The molecule has 0 radical (unpaired) electrons. The number of nitrogens with one attached hydrogen (secondary N) is 1. The van der Waals surface area contributed by atoms with E-state index in [1.54, 1.807) is 56.7 Å². The van der Waals surface area contributed by atoms with Gasteiger partial charge >= 0.3 is 5.97 Å². The van der Waals surface area contributed by atoms with Crippen LogP contribution in [0.5, 0.6) is 11.5 Å². The van der Waals surface area contributed by atoms with Crippen molar-refractivity contribution in [1.82, 2.24) is 9.71 Å². The first-order chi connectivity index (χ1) is 19.1. The fourth-order valence-corrected chi connectivity index (χ4v) is 4.77. The number of aromatic nitrogens is 1. The van der Waals surface area contributed by atoms with E-state index in [0.29, 0.717) is 33.8 Å². The molecule has 0 aliphatic rings. The number of nitrogens with zero attached hydrogens (tertiary/aromatic N) is 1. The molecule has 212 valence electrons. The Bertz CT molecular complexity index is 1530. The molecular weight excluding hydrogens is 535 g/mol. The summed E-state index contributed by atoms with van der Waals surface area (Å²) >= 11 is 0. The lowest BCUT2D eigenvalue weighted by atomic mass is 10.00. The highest BCUT2D eigenvalue weighted by Gasteiger charge is 2.21. The number of halogens is 1. The minimum absolute atomic E-state index is 0.00668. The zero-order valence-electron chi connectivity index (χ0n) is 23.2. The molecule has 2 aromatic carbocycles. The van der Waals surface area contributed by atoms with Gasteiger partial charge in [-0.05, 0) is 63.6 Å². The van der Waals surface area contributed by atoms with Crippen LogP contribution in [-0.4, -0.2) is 33.6 Å². The Hall–Kier alpha value is -3.76. The van der Waals surface area contributed by atoms with E-state index in [1.165, 1.54) is 6.20 Å². The molecule has 0 spiro atoms. The van der Waals surface area contributed by atoms with Crippen molar-refractivity contribution in [2.45, 2.75) is 52.0 Å². The van der Waals surface area contributed by atoms with Gasteiger partial charge in [-0.2, -0.15) is 0 Å². The third-order valence-corrected chi connectivity index (χ3v) is 7.62. The minimum Gasteiger partial charge on any atom is -0.497 e. The number of furan rings is 1. The fourth-order valence-electron chi connectivity index (χ4n) is 4.07. The van der Waals surface area contributed by atoms with Crippen molar-refractivity contribution in [3.63, 3.8) is 0 Å². The van der Waals surface area contributed by atoms with E-state index in [9.17, 15) is 9.00 Å². The van der Waals surface area contributed by atoms with Gasteiger partial charge in [-0.15, -0.1) is 0 Å². The number of benzene rings is 2. The SMILES string of the molecule is CCOC(=O)Cc1ccc(OC)cc1OCc1cc(-c2ccnc(CN[S@@](=O)C(C)(C)C)c2F)c2occc2c1. The highest BCUT2D eigenvalue weighted by molar-refractivity contribution is 7.84. The van der Waals surface area contributed by atoms with Crippen molar-refractivity contribution in [3.05, 3.63) is 77.6 Å². The van der Waals surface area contributed by atoms with Crippen molar-refractivity contribution in [2.24, 2.45) is 0 Å². The molecule has 0 unspecified atom stereocenters. The van der Waals surface area contributed by atoms with Crippen LogP contribution in [0.4, 0.5) is 4.39 Å². The van der Waals surface area contributed by atoms with Gasteiger partial charge in [0, 0.05) is 34.3 Å². The molecule has 1 atom stereocenters. The van der Waals surface area contributed by atoms with E-state index < -0.39 is 21.5 Å². The van der Waals surface area contributed by atoms with Crippen LogP contribution in [0, 0.1) is 5.82 Å². The number of hydrogen-bond acceptors (Lipinski definition) is 7. The van der Waals surface area contributed by atoms with Gasteiger partial charge in [0.25, 0.3) is 0 Å². The highest BCUT2D eigenvalue weighted by atomic mass is 32.2. The smallest absolute Gasteiger partial charge is 0.310 e. The standard InChI is InChI=1S/C30H33FN2O6S/c1-6-37-27(34)15-20-7-8-22(36-5)16-26(20)39-18-19-13-21-10-12-38-29(21)24(14-19)23-9-11-32-25(28(23)31)17-33-40(35)30(2,3)4/h7-14,16,33H,6,15,17-18H2,1-5H3/t40-/m0/s1. The number of methoxy groups -OCH3 is 1. The zero-order valence-corrected chi connectivity index (χ0v) is 24.0. The molecular formula is C30H33FN2O6S. The number of esters is 1. The predicted octanol–water partition coefficient (Wildman–Crippen LogP) is 5.88. The van der Waals surface area contributed by atoms with Crippen LogP contribution in [0.25, 0.3) is 22.1 Å². The van der Waals surface area contributed by atoms with Crippen molar-refractivity contribution >= 4 is 27.9 Å². The van der Waals surface area contributed by atoms with Gasteiger partial charge in [-0.1, -0.05) is 6.07 Å². The van der Waals surface area contributed by atoms with Crippen molar-refractivity contribution in [3.8, 4) is 22.6 Å². The van der Waals surface area contributed by atoms with Crippen LogP contribution in [0.1, 0.15) is 44.5 Å². The van der Waals surface area contributed by atoms with E-state index in [-0.39, 0.29) is 37.8 Å². The molecule has 0 aliphatic heterocycles. The number of pyridine rings is 1. The van der Waals surface area contributed by atoms with Gasteiger partial charge in [0.2, 0.25) is 0 Å². The van der Waals surface area contributed by atoms with E-state index >= 15 is 4.39 Å². The molecule has 8 nitrogen and oxygen atoms in total. The molecule has 2 heterocycles. The molecule has 4 aromatic rings. The predicted molar refractivity (Wildman–Crippen MR) is 152 cm³/mol. The first kappa shape index (κ1) is 29.2. The average molecular weight is 569 g/mol. The first-order valence-corrected chi connectivity index (χ1v) is 14.0. The Morgan fingerprint density at radius 3 is 2.65 bits per heavy atom. The second-order valence-electron chi connectivity index (χ2n) is 10.0. The third-order valence-electron chi connectivity index (χ3n) is 6.10. The lowest BCUT2D eigenvalue weighted by molar-refractivity contribution is -0.142. The Labute approximate surface area is 235 Å².